The Labute approximate surface area is 211 Å². The van der Waals surface area contributed by atoms with E-state index in [9.17, 15) is 0 Å². The second-order valence-electron chi connectivity index (χ2n) is 8.45. The molecule has 5 rings (SSSR count). The van der Waals surface area contributed by atoms with Gasteiger partial charge in [0, 0.05) is 47.1 Å². The first-order valence-electron chi connectivity index (χ1n) is 12.0. The average molecular weight is 478 g/mol. The van der Waals surface area contributed by atoms with Gasteiger partial charge in [-0.05, 0) is 47.2 Å². The van der Waals surface area contributed by atoms with Gasteiger partial charge in [-0.1, -0.05) is 71.6 Å². The van der Waals surface area contributed by atoms with Gasteiger partial charge >= 0.3 is 15.0 Å². The lowest BCUT2D eigenvalue weighted by Gasteiger charge is -2.07. The first-order chi connectivity index (χ1) is 17.3. The number of hydrogen-bond acceptors (Lipinski definition) is 5. The number of benzene rings is 4. The van der Waals surface area contributed by atoms with E-state index in [1.54, 1.807) is 0 Å². The van der Waals surface area contributed by atoms with E-state index in [4.69, 9.17) is 9.31 Å². The normalized spacial score (nSPS) is 11.0. The number of thiophene rings is 1. The van der Waals surface area contributed by atoms with Gasteiger partial charge in [0.1, 0.15) is 0 Å². The third-order valence-corrected chi connectivity index (χ3v) is 6.99. The number of rotatable bonds is 12. The summed E-state index contributed by atoms with van der Waals surface area (Å²) in [6.07, 6.45) is 0. The third kappa shape index (κ3) is 6.45. The zero-order chi connectivity index (χ0) is 23.7. The van der Waals surface area contributed by atoms with E-state index in [-0.39, 0.29) is 0 Å². The monoisotopic (exact) mass is 478 g/mol. The molecule has 0 saturated carbocycles. The fourth-order valence-corrected chi connectivity index (χ4v) is 5.15. The van der Waals surface area contributed by atoms with Gasteiger partial charge in [0.2, 0.25) is 0 Å². The van der Waals surface area contributed by atoms with Crippen LogP contribution in [0.2, 0.25) is 0 Å². The lowest BCUT2D eigenvalue weighted by molar-refractivity contribution is 0.358. The van der Waals surface area contributed by atoms with Crippen LogP contribution in [-0.2, 0) is 9.31 Å². The van der Waals surface area contributed by atoms with Gasteiger partial charge in [-0.3, -0.25) is 0 Å². The molecule has 0 unspecified atom stereocenters. The Bertz CT molecular complexity index is 1260. The molecule has 0 amide bonds. The molecule has 0 aliphatic heterocycles. The predicted molar refractivity (Wildman–Crippen MR) is 155 cm³/mol. The highest BCUT2D eigenvalue weighted by Crippen LogP contribution is 2.32. The number of para-hydroxylation sites is 2. The molecule has 0 aliphatic rings. The van der Waals surface area contributed by atoms with Crippen molar-refractivity contribution >= 4 is 68.8 Å². The highest BCUT2D eigenvalue weighted by Gasteiger charge is 2.09. The predicted octanol–water partition coefficient (Wildman–Crippen LogP) is 4.27. The summed E-state index contributed by atoms with van der Waals surface area (Å²) in [6, 6.07) is 33.8. The van der Waals surface area contributed by atoms with Crippen molar-refractivity contribution in [1.29, 1.82) is 0 Å². The largest absolute Gasteiger partial charge is 0.433 e. The van der Waals surface area contributed by atoms with E-state index in [1.807, 2.05) is 47.7 Å². The highest BCUT2D eigenvalue weighted by atomic mass is 32.1. The summed E-state index contributed by atoms with van der Waals surface area (Å²) in [6.45, 7) is 2.91. The molecule has 35 heavy (non-hydrogen) atoms. The minimum atomic E-state index is 0.612. The summed E-state index contributed by atoms with van der Waals surface area (Å²) in [5.74, 6) is 0. The van der Waals surface area contributed by atoms with Crippen LogP contribution in [0.5, 0.6) is 0 Å². The Morgan fingerprint density at radius 1 is 0.571 bits per heavy atom. The Morgan fingerprint density at radius 3 is 1.49 bits per heavy atom. The minimum absolute atomic E-state index is 0.612. The fraction of sp³-hybridized carbons (Fsp3) is 0.143. The Hall–Kier alpha value is -3.25. The van der Waals surface area contributed by atoms with E-state index < -0.39 is 0 Å². The van der Waals surface area contributed by atoms with Gasteiger partial charge in [0.05, 0.1) is 0 Å². The van der Waals surface area contributed by atoms with Crippen LogP contribution in [0.1, 0.15) is 0 Å². The van der Waals surface area contributed by atoms with Crippen LogP contribution in [0.15, 0.2) is 97.1 Å². The van der Waals surface area contributed by atoms with Crippen LogP contribution in [-0.4, -0.2) is 41.3 Å². The van der Waals surface area contributed by atoms with Crippen molar-refractivity contribution in [3.63, 3.8) is 0 Å². The van der Waals surface area contributed by atoms with Crippen LogP contribution >= 0.6 is 11.3 Å². The van der Waals surface area contributed by atoms with Crippen molar-refractivity contribution in [3.05, 3.63) is 97.1 Å². The maximum Gasteiger partial charge on any atom is 0.308 e. The van der Waals surface area contributed by atoms with Gasteiger partial charge in [-0.25, -0.2) is 0 Å². The third-order valence-electron chi connectivity index (χ3n) is 5.83. The zero-order valence-electron chi connectivity index (χ0n) is 19.7. The summed E-state index contributed by atoms with van der Waals surface area (Å²) in [5, 5.41) is 9.35. The van der Waals surface area contributed by atoms with Crippen molar-refractivity contribution < 1.29 is 9.31 Å². The van der Waals surface area contributed by atoms with E-state index in [2.05, 4.69) is 71.3 Å². The van der Waals surface area contributed by atoms with Crippen molar-refractivity contribution in [2.24, 2.45) is 0 Å². The van der Waals surface area contributed by atoms with E-state index in [1.165, 1.54) is 31.1 Å². The van der Waals surface area contributed by atoms with Crippen LogP contribution in [0, 0.1) is 0 Å². The Morgan fingerprint density at radius 2 is 1.03 bits per heavy atom. The number of anilines is 2. The molecule has 0 bridgehead atoms. The van der Waals surface area contributed by atoms with Crippen molar-refractivity contribution in [2.45, 2.75) is 0 Å². The van der Waals surface area contributed by atoms with Gasteiger partial charge in [-0.2, -0.15) is 0 Å². The summed E-state index contributed by atoms with van der Waals surface area (Å²) >= 11 is 1.84. The molecular weight excluding hydrogens is 450 g/mol. The Balaban J connectivity index is 1.14. The number of fused-ring (bicyclic) bond motifs is 3. The first kappa shape index (κ1) is 23.5. The van der Waals surface area contributed by atoms with Crippen molar-refractivity contribution in [2.75, 3.05) is 36.9 Å². The zero-order valence-corrected chi connectivity index (χ0v) is 20.5. The standard InChI is InChI=1S/C28H28B2N2O2S/c1-3-7-23(8-4-1)31-15-17-33-29-21-11-13-27-25(19-21)26-20-22(12-14-28(26)35-27)30-34-18-16-32-24-9-5-2-6-10-24/h1-14,19-20,29-32H,15-18H2. The second kappa shape index (κ2) is 11.9. The van der Waals surface area contributed by atoms with E-state index in [0.717, 1.165) is 24.5 Å². The van der Waals surface area contributed by atoms with E-state index in [0.29, 0.717) is 28.2 Å². The summed E-state index contributed by atoms with van der Waals surface area (Å²) in [7, 11) is 1.22. The van der Waals surface area contributed by atoms with E-state index >= 15 is 0 Å². The molecule has 4 nitrogen and oxygen atoms in total. The highest BCUT2D eigenvalue weighted by molar-refractivity contribution is 7.25. The molecule has 0 atom stereocenters. The number of nitrogens with one attached hydrogen (secondary N) is 2. The average Bonchev–Trinajstić information content (AvgIpc) is 3.27. The molecule has 0 fully saturated rings. The molecule has 4 aromatic carbocycles. The SMILES string of the molecule is B(OCCNc1ccccc1)c1ccc2sc3ccc(BOCCNc4ccccc4)cc3c2c1. The fourth-order valence-electron chi connectivity index (χ4n) is 4.08. The molecule has 1 aromatic heterocycles. The molecule has 2 N–H and O–H groups in total. The van der Waals surface area contributed by atoms with Crippen LogP contribution in [0.4, 0.5) is 11.4 Å². The molecule has 174 valence electrons. The number of hydrogen-bond donors (Lipinski definition) is 2. The molecular formula is C28H28B2N2O2S. The molecule has 0 aliphatic carbocycles. The van der Waals surface area contributed by atoms with Gasteiger partial charge in [-0.15, -0.1) is 11.3 Å². The summed E-state index contributed by atoms with van der Waals surface area (Å²) < 4.78 is 14.5. The quantitative estimate of drug-likeness (QED) is 0.208. The Kier molecular flexibility index (Phi) is 8.01. The topological polar surface area (TPSA) is 42.5 Å². The maximum absolute atomic E-state index is 5.93. The van der Waals surface area contributed by atoms with Gasteiger partial charge in [0.15, 0.2) is 0 Å². The lowest BCUT2D eigenvalue weighted by Crippen LogP contribution is -2.21. The minimum Gasteiger partial charge on any atom is -0.433 e. The first-order valence-corrected chi connectivity index (χ1v) is 12.8. The molecule has 0 radical (unpaired) electrons. The summed E-state index contributed by atoms with van der Waals surface area (Å²) in [5.41, 5.74) is 4.64. The molecule has 5 aromatic rings. The van der Waals surface area contributed by atoms with Crippen molar-refractivity contribution in [3.8, 4) is 0 Å². The van der Waals surface area contributed by atoms with Crippen molar-refractivity contribution in [1.82, 2.24) is 0 Å². The maximum atomic E-state index is 5.93. The van der Waals surface area contributed by atoms with Gasteiger partial charge < -0.3 is 19.9 Å². The molecule has 0 spiro atoms. The van der Waals surface area contributed by atoms with Gasteiger partial charge in [0.25, 0.3) is 0 Å². The molecule has 7 heteroatoms. The smallest absolute Gasteiger partial charge is 0.308 e. The molecule has 1 heterocycles. The van der Waals surface area contributed by atoms with Crippen LogP contribution in [0.25, 0.3) is 20.2 Å². The molecule has 0 saturated heterocycles. The van der Waals surface area contributed by atoms with Crippen LogP contribution in [0.3, 0.4) is 0 Å². The second-order valence-corrected chi connectivity index (χ2v) is 9.54. The summed E-state index contributed by atoms with van der Waals surface area (Å²) in [4.78, 5) is 0. The van der Waals surface area contributed by atoms with Crippen LogP contribution < -0.4 is 21.6 Å². The lowest BCUT2D eigenvalue weighted by atomic mass is 9.85.